The van der Waals surface area contributed by atoms with Gasteiger partial charge in [-0.1, -0.05) is 55.8 Å². The first-order valence-electron chi connectivity index (χ1n) is 8.28. The highest BCUT2D eigenvalue weighted by Gasteiger charge is 2.22. The molecule has 0 spiro atoms. The van der Waals surface area contributed by atoms with Crippen LogP contribution in [0.5, 0.6) is 0 Å². The molecule has 1 aliphatic rings. The van der Waals surface area contributed by atoms with Crippen LogP contribution >= 0.6 is 0 Å². The molecule has 2 aromatic carbocycles. The monoisotopic (exact) mass is 293 g/mol. The van der Waals surface area contributed by atoms with Crippen molar-refractivity contribution in [3.8, 4) is 11.1 Å². The fourth-order valence-corrected chi connectivity index (χ4v) is 3.27. The van der Waals surface area contributed by atoms with Gasteiger partial charge in [-0.25, -0.2) is 0 Å². The molecule has 22 heavy (non-hydrogen) atoms. The Morgan fingerprint density at radius 3 is 2.32 bits per heavy atom. The van der Waals surface area contributed by atoms with Crippen LogP contribution in [0.15, 0.2) is 48.5 Å². The first-order valence-corrected chi connectivity index (χ1v) is 8.28. The van der Waals surface area contributed by atoms with Crippen LogP contribution in [0.25, 0.3) is 11.1 Å². The number of aryl methyl sites for hydroxylation is 1. The number of nitrogens with zero attached hydrogens (tertiary/aromatic N) is 1. The van der Waals surface area contributed by atoms with Gasteiger partial charge in [0, 0.05) is 18.7 Å². The molecular weight excluding hydrogens is 270 g/mol. The standard InChI is InChI=1S/C20H23NO/c1-2-9-16-10-3-4-11-17(16)18-12-5-6-13-19(18)20(22)21-14-7-8-15-21/h3-6,10-13H,2,7-9,14-15H2,1H3. The lowest BCUT2D eigenvalue weighted by Gasteiger charge is -2.19. The Morgan fingerprint density at radius 2 is 1.59 bits per heavy atom. The van der Waals surface area contributed by atoms with Crippen molar-refractivity contribution in [2.45, 2.75) is 32.6 Å². The molecule has 1 fully saturated rings. The number of carbonyl (C=O) groups is 1. The lowest BCUT2D eigenvalue weighted by atomic mass is 9.93. The highest BCUT2D eigenvalue weighted by Crippen LogP contribution is 2.29. The number of hydrogen-bond donors (Lipinski definition) is 0. The summed E-state index contributed by atoms with van der Waals surface area (Å²) in [6.07, 6.45) is 4.41. The molecule has 1 saturated heterocycles. The fraction of sp³-hybridized carbons (Fsp3) is 0.350. The van der Waals surface area contributed by atoms with Crippen molar-refractivity contribution in [3.05, 3.63) is 59.7 Å². The van der Waals surface area contributed by atoms with Crippen LogP contribution in [-0.4, -0.2) is 23.9 Å². The minimum atomic E-state index is 0.180. The summed E-state index contributed by atoms with van der Waals surface area (Å²) in [4.78, 5) is 14.8. The van der Waals surface area contributed by atoms with E-state index in [1.807, 2.05) is 23.1 Å². The summed E-state index contributed by atoms with van der Waals surface area (Å²) < 4.78 is 0. The quantitative estimate of drug-likeness (QED) is 0.810. The number of likely N-dealkylation sites (tertiary alicyclic amines) is 1. The van der Waals surface area contributed by atoms with Gasteiger partial charge in [0.05, 0.1) is 0 Å². The van der Waals surface area contributed by atoms with Crippen molar-refractivity contribution in [1.82, 2.24) is 4.90 Å². The third-order valence-corrected chi connectivity index (χ3v) is 4.38. The van der Waals surface area contributed by atoms with E-state index in [0.717, 1.165) is 49.9 Å². The molecule has 0 unspecified atom stereocenters. The molecule has 3 rings (SSSR count). The van der Waals surface area contributed by atoms with Crippen molar-refractivity contribution in [2.24, 2.45) is 0 Å². The zero-order chi connectivity index (χ0) is 15.4. The van der Waals surface area contributed by atoms with Crippen molar-refractivity contribution >= 4 is 5.91 Å². The summed E-state index contributed by atoms with van der Waals surface area (Å²) >= 11 is 0. The zero-order valence-corrected chi connectivity index (χ0v) is 13.2. The lowest BCUT2D eigenvalue weighted by molar-refractivity contribution is 0.0793. The van der Waals surface area contributed by atoms with Crippen LogP contribution in [-0.2, 0) is 6.42 Å². The van der Waals surface area contributed by atoms with Crippen LogP contribution in [0.3, 0.4) is 0 Å². The second-order valence-corrected chi connectivity index (χ2v) is 5.95. The van der Waals surface area contributed by atoms with Crippen LogP contribution < -0.4 is 0 Å². The second-order valence-electron chi connectivity index (χ2n) is 5.95. The van der Waals surface area contributed by atoms with Gasteiger partial charge in [-0.2, -0.15) is 0 Å². The van der Waals surface area contributed by atoms with Crippen molar-refractivity contribution in [3.63, 3.8) is 0 Å². The van der Waals surface area contributed by atoms with Gasteiger partial charge in [-0.15, -0.1) is 0 Å². The number of amides is 1. The Balaban J connectivity index is 2.03. The molecule has 0 saturated carbocycles. The molecule has 114 valence electrons. The van der Waals surface area contributed by atoms with Gasteiger partial charge in [0.25, 0.3) is 5.91 Å². The first-order chi connectivity index (χ1) is 10.8. The lowest BCUT2D eigenvalue weighted by Crippen LogP contribution is -2.28. The van der Waals surface area contributed by atoms with E-state index in [-0.39, 0.29) is 5.91 Å². The van der Waals surface area contributed by atoms with E-state index in [2.05, 4.69) is 37.3 Å². The van der Waals surface area contributed by atoms with E-state index in [1.165, 1.54) is 11.1 Å². The van der Waals surface area contributed by atoms with Crippen molar-refractivity contribution < 1.29 is 4.79 Å². The molecule has 0 N–H and O–H groups in total. The topological polar surface area (TPSA) is 20.3 Å². The third kappa shape index (κ3) is 2.92. The smallest absolute Gasteiger partial charge is 0.254 e. The largest absolute Gasteiger partial charge is 0.339 e. The van der Waals surface area contributed by atoms with E-state index in [9.17, 15) is 4.79 Å². The molecule has 2 nitrogen and oxygen atoms in total. The number of benzene rings is 2. The average molecular weight is 293 g/mol. The zero-order valence-electron chi connectivity index (χ0n) is 13.2. The number of carbonyl (C=O) groups excluding carboxylic acids is 1. The fourth-order valence-electron chi connectivity index (χ4n) is 3.27. The SMILES string of the molecule is CCCc1ccccc1-c1ccccc1C(=O)N1CCCC1. The van der Waals surface area contributed by atoms with Gasteiger partial charge < -0.3 is 4.90 Å². The molecular formula is C20H23NO. The van der Waals surface area contributed by atoms with Crippen LogP contribution in [0.1, 0.15) is 42.1 Å². The van der Waals surface area contributed by atoms with Gasteiger partial charge in [-0.3, -0.25) is 4.79 Å². The Kier molecular flexibility index (Phi) is 4.57. The normalized spacial score (nSPS) is 14.3. The molecule has 2 heteroatoms. The van der Waals surface area contributed by atoms with Gasteiger partial charge in [-0.05, 0) is 42.0 Å². The molecule has 2 aromatic rings. The predicted octanol–water partition coefficient (Wildman–Crippen LogP) is 4.54. The van der Waals surface area contributed by atoms with E-state index in [1.54, 1.807) is 0 Å². The summed E-state index contributed by atoms with van der Waals surface area (Å²) in [7, 11) is 0. The van der Waals surface area contributed by atoms with E-state index < -0.39 is 0 Å². The highest BCUT2D eigenvalue weighted by molar-refractivity contribution is 6.01. The van der Waals surface area contributed by atoms with Gasteiger partial charge in [0.15, 0.2) is 0 Å². The summed E-state index contributed by atoms with van der Waals surface area (Å²) in [5.74, 6) is 0.180. The number of hydrogen-bond acceptors (Lipinski definition) is 1. The maximum atomic E-state index is 12.8. The maximum Gasteiger partial charge on any atom is 0.254 e. The Labute approximate surface area is 132 Å². The molecule has 0 atom stereocenters. The summed E-state index contributed by atoms with van der Waals surface area (Å²) in [6.45, 7) is 3.98. The van der Waals surface area contributed by atoms with Crippen LogP contribution in [0.2, 0.25) is 0 Å². The Bertz CT molecular complexity index is 656. The predicted molar refractivity (Wildman–Crippen MR) is 91.0 cm³/mol. The molecule has 0 aromatic heterocycles. The Hall–Kier alpha value is -2.09. The van der Waals surface area contributed by atoms with E-state index in [0.29, 0.717) is 0 Å². The first kappa shape index (κ1) is 14.8. The van der Waals surface area contributed by atoms with Crippen LogP contribution in [0.4, 0.5) is 0 Å². The molecule has 1 heterocycles. The summed E-state index contributed by atoms with van der Waals surface area (Å²) in [6, 6.07) is 16.5. The van der Waals surface area contributed by atoms with E-state index >= 15 is 0 Å². The van der Waals surface area contributed by atoms with E-state index in [4.69, 9.17) is 0 Å². The molecule has 0 bridgehead atoms. The summed E-state index contributed by atoms with van der Waals surface area (Å²) in [5.41, 5.74) is 4.44. The van der Waals surface area contributed by atoms with Gasteiger partial charge >= 0.3 is 0 Å². The number of rotatable bonds is 4. The molecule has 1 amide bonds. The van der Waals surface area contributed by atoms with Crippen LogP contribution in [0, 0.1) is 0 Å². The molecule has 1 aliphatic heterocycles. The maximum absolute atomic E-state index is 12.8. The Morgan fingerprint density at radius 1 is 0.955 bits per heavy atom. The molecule has 0 radical (unpaired) electrons. The van der Waals surface area contributed by atoms with Crippen molar-refractivity contribution in [1.29, 1.82) is 0 Å². The van der Waals surface area contributed by atoms with Gasteiger partial charge in [0.2, 0.25) is 0 Å². The van der Waals surface area contributed by atoms with Gasteiger partial charge in [0.1, 0.15) is 0 Å². The minimum absolute atomic E-state index is 0.180. The summed E-state index contributed by atoms with van der Waals surface area (Å²) in [5, 5.41) is 0. The second kappa shape index (κ2) is 6.78. The molecule has 0 aliphatic carbocycles. The average Bonchev–Trinajstić information content (AvgIpc) is 3.10. The minimum Gasteiger partial charge on any atom is -0.339 e. The highest BCUT2D eigenvalue weighted by atomic mass is 16.2. The van der Waals surface area contributed by atoms with Crippen molar-refractivity contribution in [2.75, 3.05) is 13.1 Å². The third-order valence-electron chi connectivity index (χ3n) is 4.38.